The molecule has 0 spiro atoms. The minimum atomic E-state index is -4.37. The summed E-state index contributed by atoms with van der Waals surface area (Å²) in [4.78, 5) is 45.2. The molecule has 0 fully saturated rings. The summed E-state index contributed by atoms with van der Waals surface area (Å²) in [5.74, 6) is -0.881. The second-order valence-corrected chi connectivity index (χ2v) is 14.3. The highest BCUT2D eigenvalue weighted by Crippen LogP contribution is 2.43. The van der Waals surface area contributed by atoms with Crippen LogP contribution in [0.5, 0.6) is 0 Å². The van der Waals surface area contributed by atoms with Gasteiger partial charge in [-0.1, -0.05) is 103 Å². The van der Waals surface area contributed by atoms with Gasteiger partial charge in [-0.15, -0.1) is 0 Å². The van der Waals surface area contributed by atoms with Crippen molar-refractivity contribution >= 4 is 26.0 Å². The highest BCUT2D eigenvalue weighted by atomic mass is 31.2. The van der Waals surface area contributed by atoms with Crippen molar-refractivity contribution in [3.8, 4) is 0 Å². The monoisotopic (exact) mass is 650 g/mol. The van der Waals surface area contributed by atoms with Crippen LogP contribution in [0.2, 0.25) is 0 Å². The fraction of sp³-hybridized carbons (Fsp3) is 0.909. The highest BCUT2D eigenvalue weighted by Gasteiger charge is 2.27. The van der Waals surface area contributed by atoms with Gasteiger partial charge in [-0.05, 0) is 19.3 Å². The number of aldehydes is 1. The van der Waals surface area contributed by atoms with Crippen LogP contribution in [0.15, 0.2) is 0 Å². The summed E-state index contributed by atoms with van der Waals surface area (Å²) < 4.78 is 33.8. The van der Waals surface area contributed by atoms with Gasteiger partial charge in [0.2, 0.25) is 0 Å². The molecule has 0 aliphatic heterocycles. The zero-order chi connectivity index (χ0) is 32.9. The van der Waals surface area contributed by atoms with Crippen LogP contribution in [-0.4, -0.2) is 81.2 Å². The van der Waals surface area contributed by atoms with Crippen LogP contribution in [0.4, 0.5) is 0 Å². The molecule has 0 aliphatic carbocycles. The highest BCUT2D eigenvalue weighted by molar-refractivity contribution is 7.47. The van der Waals surface area contributed by atoms with Gasteiger partial charge >= 0.3 is 19.8 Å². The Balaban J connectivity index is 4.39. The lowest BCUT2D eigenvalue weighted by molar-refractivity contribution is -0.870. The average molecular weight is 651 g/mol. The first-order valence-electron chi connectivity index (χ1n) is 17.2. The van der Waals surface area contributed by atoms with Crippen LogP contribution >= 0.6 is 7.82 Å². The molecule has 0 aromatic rings. The van der Waals surface area contributed by atoms with E-state index in [-0.39, 0.29) is 26.1 Å². The maximum absolute atomic E-state index is 12.4. The number of carbonyl (C=O) groups is 3. The number of carbonyl (C=O) groups excluding carboxylic acids is 3. The molecule has 1 N–H and O–H groups in total. The number of esters is 2. The van der Waals surface area contributed by atoms with Crippen LogP contribution in [0.1, 0.15) is 142 Å². The number of nitrogens with zero attached hydrogens (tertiary/aromatic N) is 1. The van der Waals surface area contributed by atoms with Crippen LogP contribution in [-0.2, 0) is 37.5 Å². The molecule has 44 heavy (non-hydrogen) atoms. The van der Waals surface area contributed by atoms with Crippen LogP contribution in [0.25, 0.3) is 0 Å². The Morgan fingerprint density at radius 3 is 1.68 bits per heavy atom. The van der Waals surface area contributed by atoms with Crippen LogP contribution in [0, 0.1) is 0 Å². The van der Waals surface area contributed by atoms with Crippen LogP contribution in [0.3, 0.4) is 0 Å². The first-order chi connectivity index (χ1) is 21.0. The summed E-state index contributed by atoms with van der Waals surface area (Å²) in [5, 5.41) is 0. The van der Waals surface area contributed by atoms with E-state index in [1.54, 1.807) is 0 Å². The first kappa shape index (κ1) is 42.7. The standard InChI is InChI=1S/C33H64NO9P/c1-5-6-7-8-9-10-11-12-13-14-15-18-21-24-32(36)40-29-31(30-42-44(38,39)41-28-26-34(2,3)4)43-33(37)25-22-19-16-17-20-23-27-35/h27,31H,5-26,28-30H2,1-4H3/p+1. The SMILES string of the molecule is CCCCCCCCCCCCCCCC(=O)OCC(COP(=O)(O)OCC[N+](C)(C)C)OC(=O)CCCCCCCC=O. The molecule has 0 heterocycles. The molecule has 0 bridgehead atoms. The van der Waals surface area contributed by atoms with E-state index in [2.05, 4.69) is 6.92 Å². The molecule has 0 saturated carbocycles. The van der Waals surface area contributed by atoms with Gasteiger partial charge in [-0.3, -0.25) is 18.6 Å². The van der Waals surface area contributed by atoms with Crippen molar-refractivity contribution in [2.24, 2.45) is 0 Å². The number of rotatable bonds is 32. The van der Waals surface area contributed by atoms with E-state index in [0.717, 1.165) is 51.2 Å². The fourth-order valence-electron chi connectivity index (χ4n) is 4.58. The Hall–Kier alpha value is -1.32. The molecule has 0 radical (unpaired) electrons. The summed E-state index contributed by atoms with van der Waals surface area (Å²) in [6.07, 6.45) is 20.9. The maximum Gasteiger partial charge on any atom is 0.472 e. The Bertz CT molecular complexity index is 773. The van der Waals surface area contributed by atoms with Crippen LogP contribution < -0.4 is 0 Å². The lowest BCUT2D eigenvalue weighted by Crippen LogP contribution is -2.37. The number of quaternary nitrogens is 1. The topological polar surface area (TPSA) is 125 Å². The van der Waals surface area contributed by atoms with E-state index < -0.39 is 32.5 Å². The summed E-state index contributed by atoms with van der Waals surface area (Å²) in [7, 11) is 1.42. The molecule has 11 heteroatoms. The Morgan fingerprint density at radius 1 is 0.705 bits per heavy atom. The number of unbranched alkanes of at least 4 members (excludes halogenated alkanes) is 17. The Morgan fingerprint density at radius 2 is 1.18 bits per heavy atom. The normalized spacial score (nSPS) is 13.8. The molecule has 0 aromatic heterocycles. The lowest BCUT2D eigenvalue weighted by Gasteiger charge is -2.24. The largest absolute Gasteiger partial charge is 0.472 e. The van der Waals surface area contributed by atoms with Gasteiger partial charge in [-0.25, -0.2) is 4.57 Å². The molecule has 10 nitrogen and oxygen atoms in total. The number of hydrogen-bond donors (Lipinski definition) is 1. The summed E-state index contributed by atoms with van der Waals surface area (Å²) in [6.45, 7) is 2.07. The predicted octanol–water partition coefficient (Wildman–Crippen LogP) is 7.69. The third kappa shape index (κ3) is 30.7. The molecular weight excluding hydrogens is 585 g/mol. The quantitative estimate of drug-likeness (QED) is 0.0256. The van der Waals surface area contributed by atoms with E-state index in [4.69, 9.17) is 18.5 Å². The van der Waals surface area contributed by atoms with E-state index >= 15 is 0 Å². The summed E-state index contributed by atoms with van der Waals surface area (Å²) in [5.41, 5.74) is 0. The second-order valence-electron chi connectivity index (χ2n) is 12.9. The smallest absolute Gasteiger partial charge is 0.462 e. The van der Waals surface area contributed by atoms with Crippen molar-refractivity contribution in [1.29, 1.82) is 0 Å². The summed E-state index contributed by atoms with van der Waals surface area (Å²) in [6, 6.07) is 0. The Labute approximate surface area is 268 Å². The molecule has 260 valence electrons. The van der Waals surface area contributed by atoms with Crippen molar-refractivity contribution in [2.75, 3.05) is 47.5 Å². The molecule has 0 aliphatic rings. The van der Waals surface area contributed by atoms with Gasteiger partial charge in [0.1, 0.15) is 26.0 Å². The first-order valence-corrected chi connectivity index (χ1v) is 18.7. The number of phosphoric acid groups is 1. The van der Waals surface area contributed by atoms with E-state index in [9.17, 15) is 23.8 Å². The van der Waals surface area contributed by atoms with Gasteiger partial charge in [0, 0.05) is 19.3 Å². The second kappa shape index (κ2) is 27.9. The van der Waals surface area contributed by atoms with Gasteiger partial charge in [0.25, 0.3) is 0 Å². The molecular formula is C33H65NO9P+. The third-order valence-corrected chi connectivity index (χ3v) is 8.34. The molecule has 2 atom stereocenters. The maximum atomic E-state index is 12.4. The zero-order valence-corrected chi connectivity index (χ0v) is 29.3. The van der Waals surface area contributed by atoms with Crippen molar-refractivity contribution in [2.45, 2.75) is 148 Å². The fourth-order valence-corrected chi connectivity index (χ4v) is 5.32. The third-order valence-electron chi connectivity index (χ3n) is 7.36. The van der Waals surface area contributed by atoms with Gasteiger partial charge < -0.3 is 23.6 Å². The number of ether oxygens (including phenoxy) is 2. The van der Waals surface area contributed by atoms with Gasteiger partial charge in [-0.2, -0.15) is 0 Å². The van der Waals surface area contributed by atoms with E-state index in [0.29, 0.717) is 23.9 Å². The van der Waals surface area contributed by atoms with E-state index in [1.807, 2.05) is 21.1 Å². The van der Waals surface area contributed by atoms with Gasteiger partial charge in [0.05, 0.1) is 27.7 Å². The average Bonchev–Trinajstić information content (AvgIpc) is 2.95. The van der Waals surface area contributed by atoms with Crippen molar-refractivity contribution in [3.63, 3.8) is 0 Å². The van der Waals surface area contributed by atoms with Crippen molar-refractivity contribution in [1.82, 2.24) is 0 Å². The summed E-state index contributed by atoms with van der Waals surface area (Å²) >= 11 is 0. The van der Waals surface area contributed by atoms with Crippen molar-refractivity contribution in [3.05, 3.63) is 0 Å². The number of hydrogen-bond acceptors (Lipinski definition) is 8. The number of phosphoric ester groups is 1. The molecule has 0 rings (SSSR count). The minimum absolute atomic E-state index is 0.0166. The molecule has 0 amide bonds. The zero-order valence-electron chi connectivity index (χ0n) is 28.4. The minimum Gasteiger partial charge on any atom is -0.462 e. The Kier molecular flexibility index (Phi) is 27.1. The predicted molar refractivity (Wildman–Crippen MR) is 174 cm³/mol. The van der Waals surface area contributed by atoms with E-state index in [1.165, 1.54) is 64.2 Å². The van der Waals surface area contributed by atoms with Crippen molar-refractivity contribution < 1.29 is 46.8 Å². The molecule has 0 aromatic carbocycles. The molecule has 0 saturated heterocycles. The van der Waals surface area contributed by atoms with Gasteiger partial charge in [0.15, 0.2) is 6.10 Å². The number of likely N-dealkylation sites (N-methyl/N-ethyl adjacent to an activating group) is 1. The molecule has 2 unspecified atom stereocenters. The lowest BCUT2D eigenvalue weighted by atomic mass is 10.0.